The van der Waals surface area contributed by atoms with Gasteiger partial charge in [0, 0.05) is 6.21 Å². The van der Waals surface area contributed by atoms with Gasteiger partial charge >= 0.3 is 0 Å². The van der Waals surface area contributed by atoms with Gasteiger partial charge in [-0.3, -0.25) is 15.1 Å². The van der Waals surface area contributed by atoms with Crippen molar-refractivity contribution in [1.29, 1.82) is 0 Å². The second-order valence-electron chi connectivity index (χ2n) is 4.87. The van der Waals surface area contributed by atoms with Crippen molar-refractivity contribution in [2.45, 2.75) is 13.8 Å². The van der Waals surface area contributed by atoms with Gasteiger partial charge in [0.05, 0.1) is 23.8 Å². The van der Waals surface area contributed by atoms with Crippen molar-refractivity contribution in [3.05, 3.63) is 57.1 Å². The molecule has 6 heteroatoms. The average molecular weight is 299 g/mol. The Labute approximate surface area is 127 Å². The maximum absolute atomic E-state index is 12.1. The molecular formula is C16H15N2O4-. The van der Waals surface area contributed by atoms with Crippen LogP contribution in [0.5, 0.6) is 11.5 Å². The predicted molar refractivity (Wildman–Crippen MR) is 82.3 cm³/mol. The van der Waals surface area contributed by atoms with Crippen LogP contribution >= 0.6 is 0 Å². The first-order valence-electron chi connectivity index (χ1n) is 6.57. The molecule has 0 bridgehead atoms. The minimum Gasteiger partial charge on any atom is -0.867 e. The van der Waals surface area contributed by atoms with E-state index in [1.54, 1.807) is 0 Å². The first-order valence-corrected chi connectivity index (χ1v) is 6.57. The molecule has 0 atom stereocenters. The van der Waals surface area contributed by atoms with Crippen molar-refractivity contribution in [1.82, 2.24) is 0 Å². The van der Waals surface area contributed by atoms with Crippen LogP contribution in [0.15, 0.2) is 35.3 Å². The SMILES string of the molecule is COc1cc(C=Nc2ccc(C)cc2C)c([O-])c([N+](=O)[O-])c1. The van der Waals surface area contributed by atoms with Crippen molar-refractivity contribution >= 4 is 17.6 Å². The number of nitro benzene ring substituents is 1. The first kappa shape index (κ1) is 15.5. The molecule has 0 spiro atoms. The summed E-state index contributed by atoms with van der Waals surface area (Å²) in [5, 5.41) is 23.0. The monoisotopic (exact) mass is 299 g/mol. The van der Waals surface area contributed by atoms with Gasteiger partial charge in [0.1, 0.15) is 5.75 Å². The zero-order chi connectivity index (χ0) is 16.3. The molecule has 0 heterocycles. The molecule has 2 rings (SSSR count). The van der Waals surface area contributed by atoms with Gasteiger partial charge in [-0.1, -0.05) is 17.7 Å². The van der Waals surface area contributed by atoms with Crippen LogP contribution in [0.4, 0.5) is 11.4 Å². The Morgan fingerprint density at radius 1 is 1.23 bits per heavy atom. The molecular weight excluding hydrogens is 284 g/mol. The Morgan fingerprint density at radius 2 is 1.95 bits per heavy atom. The van der Waals surface area contributed by atoms with Gasteiger partial charge in [-0.05, 0) is 42.9 Å². The third kappa shape index (κ3) is 3.22. The van der Waals surface area contributed by atoms with E-state index in [1.165, 1.54) is 19.4 Å². The molecule has 0 saturated heterocycles. The molecule has 114 valence electrons. The minimum atomic E-state index is -0.723. The molecule has 0 fully saturated rings. The smallest absolute Gasteiger partial charge is 0.266 e. The number of hydrogen-bond acceptors (Lipinski definition) is 5. The van der Waals surface area contributed by atoms with Crippen molar-refractivity contribution in [3.63, 3.8) is 0 Å². The van der Waals surface area contributed by atoms with Crippen LogP contribution in [-0.2, 0) is 0 Å². The van der Waals surface area contributed by atoms with E-state index >= 15 is 0 Å². The van der Waals surface area contributed by atoms with Crippen molar-refractivity contribution < 1.29 is 14.8 Å². The van der Waals surface area contributed by atoms with E-state index in [1.807, 2.05) is 32.0 Å². The number of nitro groups is 1. The molecule has 0 radical (unpaired) electrons. The Morgan fingerprint density at radius 3 is 2.55 bits per heavy atom. The van der Waals surface area contributed by atoms with Crippen LogP contribution in [0, 0.1) is 24.0 Å². The standard InChI is InChI=1S/C16H16N2O4/c1-10-4-5-14(11(2)6-10)17-9-12-7-13(22-3)8-15(16(12)19)18(20)21/h4-9,19H,1-3H3/p-1. The highest BCUT2D eigenvalue weighted by molar-refractivity contribution is 5.88. The molecule has 2 aromatic rings. The van der Waals surface area contributed by atoms with Crippen LogP contribution < -0.4 is 9.84 Å². The quantitative estimate of drug-likeness (QED) is 0.493. The Balaban J connectivity index is 2.46. The predicted octanol–water partition coefficient (Wildman–Crippen LogP) is 3.04. The van der Waals surface area contributed by atoms with E-state index in [4.69, 9.17) is 4.74 Å². The van der Waals surface area contributed by atoms with E-state index in [2.05, 4.69) is 4.99 Å². The van der Waals surface area contributed by atoms with Gasteiger partial charge < -0.3 is 9.84 Å². The molecule has 22 heavy (non-hydrogen) atoms. The molecule has 0 saturated carbocycles. The Kier molecular flexibility index (Phi) is 4.41. The molecule has 0 amide bonds. The third-order valence-corrected chi connectivity index (χ3v) is 3.20. The molecule has 0 unspecified atom stereocenters. The lowest BCUT2D eigenvalue weighted by atomic mass is 10.1. The fraction of sp³-hybridized carbons (Fsp3) is 0.188. The van der Waals surface area contributed by atoms with Gasteiger partial charge in [0.2, 0.25) is 0 Å². The van der Waals surface area contributed by atoms with Crippen LogP contribution in [0.1, 0.15) is 16.7 Å². The molecule has 0 aliphatic heterocycles. The molecule has 6 nitrogen and oxygen atoms in total. The maximum atomic E-state index is 12.1. The molecule has 0 N–H and O–H groups in total. The largest absolute Gasteiger partial charge is 0.867 e. The maximum Gasteiger partial charge on any atom is 0.266 e. The lowest BCUT2D eigenvalue weighted by Crippen LogP contribution is -2.03. The number of ether oxygens (including phenoxy) is 1. The lowest BCUT2D eigenvalue weighted by Gasteiger charge is -2.12. The fourth-order valence-electron chi connectivity index (χ4n) is 2.05. The molecule has 0 aliphatic rings. The number of hydrogen-bond donors (Lipinski definition) is 0. The topological polar surface area (TPSA) is 87.8 Å². The Bertz CT molecular complexity index is 754. The number of aliphatic imine (C=N–C) groups is 1. The number of benzene rings is 2. The average Bonchev–Trinajstić information content (AvgIpc) is 2.47. The normalized spacial score (nSPS) is 10.9. The second-order valence-corrected chi connectivity index (χ2v) is 4.87. The first-order chi connectivity index (χ1) is 10.4. The van der Waals surface area contributed by atoms with Crippen LogP contribution in [0.25, 0.3) is 0 Å². The van der Waals surface area contributed by atoms with Gasteiger partial charge in [-0.2, -0.15) is 0 Å². The number of rotatable bonds is 4. The second kappa shape index (κ2) is 6.26. The highest BCUT2D eigenvalue weighted by Crippen LogP contribution is 2.31. The van der Waals surface area contributed by atoms with Crippen LogP contribution in [0.3, 0.4) is 0 Å². The highest BCUT2D eigenvalue weighted by atomic mass is 16.6. The van der Waals surface area contributed by atoms with Crippen molar-refractivity contribution in [3.8, 4) is 11.5 Å². The van der Waals surface area contributed by atoms with E-state index < -0.39 is 16.4 Å². The summed E-state index contributed by atoms with van der Waals surface area (Å²) >= 11 is 0. The van der Waals surface area contributed by atoms with E-state index in [-0.39, 0.29) is 11.3 Å². The van der Waals surface area contributed by atoms with Crippen molar-refractivity contribution in [2.24, 2.45) is 4.99 Å². The van der Waals surface area contributed by atoms with Crippen LogP contribution in [0.2, 0.25) is 0 Å². The van der Waals surface area contributed by atoms with Gasteiger partial charge in [0.25, 0.3) is 5.69 Å². The molecule has 2 aromatic carbocycles. The summed E-state index contributed by atoms with van der Waals surface area (Å²) in [4.78, 5) is 14.4. The minimum absolute atomic E-state index is 0.117. The zero-order valence-corrected chi connectivity index (χ0v) is 12.5. The third-order valence-electron chi connectivity index (χ3n) is 3.20. The van der Waals surface area contributed by atoms with Crippen molar-refractivity contribution in [2.75, 3.05) is 7.11 Å². The van der Waals surface area contributed by atoms with Gasteiger partial charge in [0.15, 0.2) is 0 Å². The zero-order valence-electron chi connectivity index (χ0n) is 12.5. The summed E-state index contributed by atoms with van der Waals surface area (Å²) < 4.78 is 4.99. The van der Waals surface area contributed by atoms with E-state index in [9.17, 15) is 15.2 Å². The van der Waals surface area contributed by atoms with E-state index in [0.29, 0.717) is 5.69 Å². The summed E-state index contributed by atoms with van der Waals surface area (Å²) in [6, 6.07) is 8.25. The number of nitrogens with zero attached hydrogens (tertiary/aromatic N) is 2. The summed E-state index contributed by atoms with van der Waals surface area (Å²) in [6.45, 7) is 3.88. The Hall–Kier alpha value is -2.89. The summed E-state index contributed by atoms with van der Waals surface area (Å²) in [6.07, 6.45) is 1.33. The summed E-state index contributed by atoms with van der Waals surface area (Å²) in [5.41, 5.74) is 2.36. The van der Waals surface area contributed by atoms with Gasteiger partial charge in [-0.15, -0.1) is 0 Å². The highest BCUT2D eigenvalue weighted by Gasteiger charge is 2.12. The molecule has 0 aromatic heterocycles. The summed E-state index contributed by atoms with van der Waals surface area (Å²) in [5.74, 6) is -0.437. The number of methoxy groups -OCH3 is 1. The lowest BCUT2D eigenvalue weighted by molar-refractivity contribution is -0.398. The summed E-state index contributed by atoms with van der Waals surface area (Å²) in [7, 11) is 1.38. The van der Waals surface area contributed by atoms with E-state index in [0.717, 1.165) is 17.2 Å². The van der Waals surface area contributed by atoms with Gasteiger partial charge in [-0.25, -0.2) is 0 Å². The molecule has 0 aliphatic carbocycles. The number of aryl methyl sites for hydroxylation is 2. The fourth-order valence-corrected chi connectivity index (χ4v) is 2.05. The van der Waals surface area contributed by atoms with Crippen LogP contribution in [-0.4, -0.2) is 18.2 Å².